The monoisotopic (exact) mass is 298 g/mol. The number of nitrogens with zero attached hydrogens (tertiary/aromatic N) is 2. The molecule has 2 fully saturated rings. The van der Waals surface area contributed by atoms with Crippen LogP contribution in [0, 0.1) is 12.3 Å². The van der Waals surface area contributed by atoms with E-state index in [2.05, 4.69) is 40.2 Å². The molecule has 0 N–H and O–H groups in total. The van der Waals surface area contributed by atoms with Gasteiger partial charge in [-0.25, -0.2) is 4.98 Å². The van der Waals surface area contributed by atoms with Crippen molar-refractivity contribution in [3.63, 3.8) is 0 Å². The van der Waals surface area contributed by atoms with Gasteiger partial charge in [-0.1, -0.05) is 30.3 Å². The number of hydrogen-bond donors (Lipinski definition) is 0. The van der Waals surface area contributed by atoms with Crippen LogP contribution in [0.25, 0.3) is 0 Å². The van der Waals surface area contributed by atoms with Gasteiger partial charge in [0, 0.05) is 32.0 Å². The number of ether oxygens (including phenoxy) is 1. The zero-order chi connectivity index (χ0) is 15.0. The quantitative estimate of drug-likeness (QED) is 0.870. The number of hydrogen-bond acceptors (Lipinski definition) is 4. The molecule has 116 valence electrons. The minimum absolute atomic E-state index is 0.373. The van der Waals surface area contributed by atoms with E-state index in [0.717, 1.165) is 44.2 Å². The van der Waals surface area contributed by atoms with E-state index in [4.69, 9.17) is 9.15 Å². The van der Waals surface area contributed by atoms with Crippen LogP contribution < -0.4 is 0 Å². The van der Waals surface area contributed by atoms with Crippen molar-refractivity contribution in [2.24, 2.45) is 5.41 Å². The van der Waals surface area contributed by atoms with Crippen LogP contribution in [0.2, 0.25) is 0 Å². The number of aryl methyl sites for hydroxylation is 1. The van der Waals surface area contributed by atoms with E-state index in [0.29, 0.717) is 11.5 Å². The standard InChI is InChI=1S/C18H22N2O2/c1-14-19-16(10-21-14)9-20-11-18(12-20)8-17(22-13-18)7-15-5-3-2-4-6-15/h2-6,10,17H,7-9,11-13H2,1H3/t17-/m1/s1. The first-order valence-corrected chi connectivity index (χ1v) is 8.00. The van der Waals surface area contributed by atoms with Gasteiger partial charge in [0.25, 0.3) is 0 Å². The van der Waals surface area contributed by atoms with Crippen molar-refractivity contribution in [1.82, 2.24) is 9.88 Å². The van der Waals surface area contributed by atoms with Crippen molar-refractivity contribution >= 4 is 0 Å². The van der Waals surface area contributed by atoms with Crippen molar-refractivity contribution in [2.45, 2.75) is 32.4 Å². The first-order valence-electron chi connectivity index (χ1n) is 8.00. The fourth-order valence-electron chi connectivity index (χ4n) is 3.85. The van der Waals surface area contributed by atoms with E-state index in [1.165, 1.54) is 12.0 Å². The van der Waals surface area contributed by atoms with Crippen LogP contribution in [-0.2, 0) is 17.7 Å². The Kier molecular flexibility index (Phi) is 3.51. The summed E-state index contributed by atoms with van der Waals surface area (Å²) in [7, 11) is 0. The maximum Gasteiger partial charge on any atom is 0.191 e. The Labute approximate surface area is 131 Å². The van der Waals surface area contributed by atoms with E-state index in [-0.39, 0.29) is 0 Å². The molecule has 2 saturated heterocycles. The number of rotatable bonds is 4. The minimum Gasteiger partial charge on any atom is -0.449 e. The molecular formula is C18H22N2O2. The number of likely N-dealkylation sites (tertiary alicyclic amines) is 1. The van der Waals surface area contributed by atoms with Gasteiger partial charge < -0.3 is 9.15 Å². The number of oxazole rings is 1. The normalized spacial score (nSPS) is 23.8. The van der Waals surface area contributed by atoms with Crippen molar-refractivity contribution < 1.29 is 9.15 Å². The predicted octanol–water partition coefficient (Wildman–Crippen LogP) is 2.82. The number of aromatic nitrogens is 1. The Hall–Kier alpha value is -1.65. The molecule has 4 nitrogen and oxygen atoms in total. The van der Waals surface area contributed by atoms with E-state index in [9.17, 15) is 0 Å². The zero-order valence-electron chi connectivity index (χ0n) is 13.0. The molecule has 2 aliphatic rings. The zero-order valence-corrected chi connectivity index (χ0v) is 13.0. The van der Waals surface area contributed by atoms with Crippen LogP contribution >= 0.6 is 0 Å². The van der Waals surface area contributed by atoms with Crippen LogP contribution in [0.1, 0.15) is 23.6 Å². The van der Waals surface area contributed by atoms with Gasteiger partial charge in [-0.15, -0.1) is 0 Å². The van der Waals surface area contributed by atoms with E-state index >= 15 is 0 Å². The Bertz CT molecular complexity index is 632. The van der Waals surface area contributed by atoms with E-state index < -0.39 is 0 Å². The van der Waals surface area contributed by atoms with Crippen LogP contribution in [0.15, 0.2) is 41.0 Å². The van der Waals surface area contributed by atoms with Gasteiger partial charge in [0.2, 0.25) is 0 Å². The molecule has 22 heavy (non-hydrogen) atoms. The summed E-state index contributed by atoms with van der Waals surface area (Å²) in [5.41, 5.74) is 2.78. The molecule has 0 saturated carbocycles. The van der Waals surface area contributed by atoms with Crippen LogP contribution in [0.5, 0.6) is 0 Å². The molecule has 3 heterocycles. The van der Waals surface area contributed by atoms with Gasteiger partial charge in [0.1, 0.15) is 6.26 Å². The Morgan fingerprint density at radius 3 is 2.82 bits per heavy atom. The summed E-state index contributed by atoms with van der Waals surface area (Å²) in [6, 6.07) is 10.6. The first-order chi connectivity index (χ1) is 10.7. The lowest BCUT2D eigenvalue weighted by Crippen LogP contribution is -2.56. The molecule has 4 rings (SSSR count). The molecule has 2 aromatic rings. The van der Waals surface area contributed by atoms with Gasteiger partial charge in [-0.3, -0.25) is 4.90 Å². The van der Waals surface area contributed by atoms with Crippen molar-refractivity contribution in [3.05, 3.63) is 53.7 Å². The highest BCUT2D eigenvalue weighted by atomic mass is 16.5. The van der Waals surface area contributed by atoms with Gasteiger partial charge in [-0.2, -0.15) is 0 Å². The lowest BCUT2D eigenvalue weighted by Gasteiger charge is -2.47. The fraction of sp³-hybridized carbons (Fsp3) is 0.500. The highest BCUT2D eigenvalue weighted by Gasteiger charge is 2.48. The second-order valence-corrected chi connectivity index (χ2v) is 6.83. The third kappa shape index (κ3) is 2.81. The van der Waals surface area contributed by atoms with Crippen molar-refractivity contribution in [2.75, 3.05) is 19.7 Å². The van der Waals surface area contributed by atoms with E-state index in [1.807, 2.05) is 6.92 Å². The summed E-state index contributed by atoms with van der Waals surface area (Å²) in [4.78, 5) is 6.81. The van der Waals surface area contributed by atoms with Gasteiger partial charge in [-0.05, 0) is 18.4 Å². The topological polar surface area (TPSA) is 38.5 Å². The Morgan fingerprint density at radius 1 is 1.27 bits per heavy atom. The van der Waals surface area contributed by atoms with Gasteiger partial charge in [0.15, 0.2) is 5.89 Å². The van der Waals surface area contributed by atoms with Gasteiger partial charge in [0.05, 0.1) is 18.4 Å². The fourth-order valence-corrected chi connectivity index (χ4v) is 3.85. The molecule has 0 unspecified atom stereocenters. The summed E-state index contributed by atoms with van der Waals surface area (Å²) in [6.45, 7) is 5.91. The average Bonchev–Trinajstić information content (AvgIpc) is 3.07. The third-order valence-electron chi connectivity index (χ3n) is 4.76. The van der Waals surface area contributed by atoms with Crippen LogP contribution in [-0.4, -0.2) is 35.7 Å². The molecule has 0 radical (unpaired) electrons. The summed E-state index contributed by atoms with van der Waals surface area (Å²) < 4.78 is 11.3. The SMILES string of the molecule is Cc1nc(CN2CC3(CO[C@H](Cc4ccccc4)C3)C2)co1. The van der Waals surface area contributed by atoms with E-state index in [1.54, 1.807) is 6.26 Å². The molecule has 4 heteroatoms. The van der Waals surface area contributed by atoms with Crippen molar-refractivity contribution in [1.29, 1.82) is 0 Å². The molecule has 0 amide bonds. The molecule has 1 aromatic carbocycles. The van der Waals surface area contributed by atoms with Crippen LogP contribution in [0.3, 0.4) is 0 Å². The van der Waals surface area contributed by atoms with Crippen molar-refractivity contribution in [3.8, 4) is 0 Å². The molecule has 1 aromatic heterocycles. The smallest absolute Gasteiger partial charge is 0.191 e. The summed E-state index contributed by atoms with van der Waals surface area (Å²) in [6.07, 6.45) is 4.35. The summed E-state index contributed by atoms with van der Waals surface area (Å²) in [5, 5.41) is 0. The Morgan fingerprint density at radius 2 is 2.09 bits per heavy atom. The molecular weight excluding hydrogens is 276 g/mol. The summed E-state index contributed by atoms with van der Waals surface area (Å²) >= 11 is 0. The lowest BCUT2D eigenvalue weighted by atomic mass is 9.77. The highest BCUT2D eigenvalue weighted by molar-refractivity contribution is 5.16. The molecule has 1 spiro atoms. The maximum absolute atomic E-state index is 6.06. The second-order valence-electron chi connectivity index (χ2n) is 6.83. The molecule has 2 aliphatic heterocycles. The first kappa shape index (κ1) is 14.0. The molecule has 1 atom stereocenters. The summed E-state index contributed by atoms with van der Waals surface area (Å²) in [5.74, 6) is 0.748. The highest BCUT2D eigenvalue weighted by Crippen LogP contribution is 2.42. The Balaban J connectivity index is 1.29. The molecule has 0 bridgehead atoms. The minimum atomic E-state index is 0.373. The maximum atomic E-state index is 6.06. The number of benzene rings is 1. The average molecular weight is 298 g/mol. The largest absolute Gasteiger partial charge is 0.449 e. The third-order valence-corrected chi connectivity index (χ3v) is 4.76. The predicted molar refractivity (Wildman–Crippen MR) is 83.5 cm³/mol. The van der Waals surface area contributed by atoms with Gasteiger partial charge >= 0.3 is 0 Å². The molecule has 0 aliphatic carbocycles. The van der Waals surface area contributed by atoms with Crippen LogP contribution in [0.4, 0.5) is 0 Å². The lowest BCUT2D eigenvalue weighted by molar-refractivity contribution is -0.0147. The second kappa shape index (κ2) is 5.52.